The van der Waals surface area contributed by atoms with Gasteiger partial charge in [-0.15, -0.1) is 0 Å². The van der Waals surface area contributed by atoms with Gasteiger partial charge in [0.05, 0.1) is 17.7 Å². The number of benzene rings is 2. The first-order valence-corrected chi connectivity index (χ1v) is 7.93. The molecule has 24 heavy (non-hydrogen) atoms. The van der Waals surface area contributed by atoms with E-state index in [-0.39, 0.29) is 11.9 Å². The van der Waals surface area contributed by atoms with Crippen LogP contribution in [0.3, 0.4) is 0 Å². The molecule has 0 aliphatic heterocycles. The molecule has 1 heterocycles. The van der Waals surface area contributed by atoms with Crippen LogP contribution in [0.25, 0.3) is 10.9 Å². The molecule has 5 heteroatoms. The number of aryl methyl sites for hydroxylation is 1. The number of hydrogen-bond acceptors (Lipinski definition) is 2. The normalized spacial score (nSPS) is 11.9. The number of nitriles is 1. The number of nitrogens with one attached hydrogen (secondary N) is 1. The highest BCUT2D eigenvalue weighted by Gasteiger charge is 2.16. The number of carbonyl (C=O) groups excluding carboxylic acids is 1. The maximum Gasteiger partial charge on any atom is 0.268 e. The van der Waals surface area contributed by atoms with Gasteiger partial charge in [-0.2, -0.15) is 5.26 Å². The summed E-state index contributed by atoms with van der Waals surface area (Å²) in [6.45, 7) is 1.92. The molecule has 4 nitrogen and oxygen atoms in total. The number of halogens is 1. The van der Waals surface area contributed by atoms with Gasteiger partial charge in [0.25, 0.3) is 5.91 Å². The number of amides is 1. The second kappa shape index (κ2) is 6.38. The minimum atomic E-state index is -0.160. The van der Waals surface area contributed by atoms with Crippen LogP contribution >= 0.6 is 11.6 Å². The monoisotopic (exact) mass is 337 g/mol. The van der Waals surface area contributed by atoms with Gasteiger partial charge < -0.3 is 9.88 Å². The number of carbonyl (C=O) groups is 1. The van der Waals surface area contributed by atoms with E-state index in [4.69, 9.17) is 16.9 Å². The lowest BCUT2D eigenvalue weighted by atomic mass is 10.1. The van der Waals surface area contributed by atoms with Crippen molar-refractivity contribution >= 4 is 28.4 Å². The third kappa shape index (κ3) is 2.99. The van der Waals surface area contributed by atoms with Gasteiger partial charge >= 0.3 is 0 Å². The molecule has 0 spiro atoms. The maximum absolute atomic E-state index is 12.6. The summed E-state index contributed by atoms with van der Waals surface area (Å²) in [5.74, 6) is -0.151. The molecule has 0 saturated heterocycles. The highest BCUT2D eigenvalue weighted by Crippen LogP contribution is 2.23. The molecule has 0 radical (unpaired) electrons. The average Bonchev–Trinajstić information content (AvgIpc) is 2.91. The summed E-state index contributed by atoms with van der Waals surface area (Å²) >= 11 is 6.03. The van der Waals surface area contributed by atoms with Crippen LogP contribution in [0.2, 0.25) is 5.02 Å². The van der Waals surface area contributed by atoms with E-state index in [1.165, 1.54) is 0 Å². The van der Waals surface area contributed by atoms with E-state index in [9.17, 15) is 4.79 Å². The zero-order valence-electron chi connectivity index (χ0n) is 13.4. The quantitative estimate of drug-likeness (QED) is 0.778. The fourth-order valence-electron chi connectivity index (χ4n) is 2.72. The third-order valence-corrected chi connectivity index (χ3v) is 4.36. The minimum Gasteiger partial charge on any atom is -0.344 e. The van der Waals surface area contributed by atoms with E-state index in [1.807, 2.05) is 54.9 Å². The van der Waals surface area contributed by atoms with Gasteiger partial charge in [0.15, 0.2) is 0 Å². The van der Waals surface area contributed by atoms with Crippen molar-refractivity contribution in [1.29, 1.82) is 5.26 Å². The standard InChI is InChI=1S/C19H16ClN3O/c1-12(14-5-3-13(11-21)4-6-14)22-19(24)18-9-15-7-8-16(20)10-17(15)23(18)2/h3-10,12H,1-2H3,(H,22,24)/t12-/m0/s1. The van der Waals surface area contributed by atoms with Crippen molar-refractivity contribution in [3.8, 4) is 6.07 Å². The molecule has 0 unspecified atom stereocenters. The van der Waals surface area contributed by atoms with E-state index in [0.29, 0.717) is 16.3 Å². The van der Waals surface area contributed by atoms with Crippen molar-refractivity contribution in [3.05, 3.63) is 70.4 Å². The Balaban J connectivity index is 1.84. The van der Waals surface area contributed by atoms with Crippen LogP contribution in [-0.2, 0) is 7.05 Å². The SMILES string of the molecule is C[C@H](NC(=O)c1cc2ccc(Cl)cc2n1C)c1ccc(C#N)cc1. The first kappa shape index (κ1) is 16.1. The molecule has 3 aromatic rings. The highest BCUT2D eigenvalue weighted by atomic mass is 35.5. The van der Waals surface area contributed by atoms with Crippen LogP contribution in [-0.4, -0.2) is 10.5 Å². The Labute approximate surface area is 145 Å². The zero-order chi connectivity index (χ0) is 17.3. The Bertz CT molecular complexity index is 951. The van der Waals surface area contributed by atoms with Crippen molar-refractivity contribution in [2.24, 2.45) is 7.05 Å². The molecular weight excluding hydrogens is 322 g/mol. The highest BCUT2D eigenvalue weighted by molar-refractivity contribution is 6.31. The molecule has 1 N–H and O–H groups in total. The maximum atomic E-state index is 12.6. The topological polar surface area (TPSA) is 57.8 Å². The average molecular weight is 338 g/mol. The number of hydrogen-bond donors (Lipinski definition) is 1. The smallest absolute Gasteiger partial charge is 0.268 e. The van der Waals surface area contributed by atoms with Crippen LogP contribution < -0.4 is 5.32 Å². The van der Waals surface area contributed by atoms with Crippen molar-refractivity contribution < 1.29 is 4.79 Å². The van der Waals surface area contributed by atoms with E-state index >= 15 is 0 Å². The summed E-state index contributed by atoms with van der Waals surface area (Å²) < 4.78 is 1.84. The van der Waals surface area contributed by atoms with Gasteiger partial charge in [-0.1, -0.05) is 29.8 Å². The Hall–Kier alpha value is -2.77. The predicted octanol–water partition coefficient (Wildman–Crippen LogP) is 4.19. The molecule has 0 bridgehead atoms. The molecule has 120 valence electrons. The lowest BCUT2D eigenvalue weighted by molar-refractivity contribution is 0.0932. The first-order chi connectivity index (χ1) is 11.5. The van der Waals surface area contributed by atoms with Gasteiger partial charge in [0.1, 0.15) is 5.69 Å². The van der Waals surface area contributed by atoms with Crippen LogP contribution in [0.4, 0.5) is 0 Å². The summed E-state index contributed by atoms with van der Waals surface area (Å²) in [6, 6.07) is 16.5. The summed E-state index contributed by atoms with van der Waals surface area (Å²) in [7, 11) is 1.85. The molecular formula is C19H16ClN3O. The van der Waals surface area contributed by atoms with Crippen LogP contribution in [0.1, 0.15) is 34.6 Å². The molecule has 0 aliphatic rings. The van der Waals surface area contributed by atoms with Gasteiger partial charge in [0, 0.05) is 23.0 Å². The molecule has 0 saturated carbocycles. The van der Waals surface area contributed by atoms with Gasteiger partial charge in [-0.25, -0.2) is 0 Å². The first-order valence-electron chi connectivity index (χ1n) is 7.55. The Morgan fingerprint density at radius 3 is 2.58 bits per heavy atom. The van der Waals surface area contributed by atoms with Gasteiger partial charge in [0.2, 0.25) is 0 Å². The van der Waals surface area contributed by atoms with E-state index in [1.54, 1.807) is 12.1 Å². The molecule has 2 aromatic carbocycles. The van der Waals surface area contributed by atoms with Crippen molar-refractivity contribution in [3.63, 3.8) is 0 Å². The number of aromatic nitrogens is 1. The third-order valence-electron chi connectivity index (χ3n) is 4.13. The molecule has 1 atom stereocenters. The Morgan fingerprint density at radius 2 is 1.92 bits per heavy atom. The Kier molecular flexibility index (Phi) is 4.28. The van der Waals surface area contributed by atoms with Crippen molar-refractivity contribution in [2.45, 2.75) is 13.0 Å². The molecule has 0 fully saturated rings. The van der Waals surface area contributed by atoms with Crippen LogP contribution in [0.5, 0.6) is 0 Å². The lowest BCUT2D eigenvalue weighted by Crippen LogP contribution is -2.28. The number of rotatable bonds is 3. The molecule has 0 aliphatic carbocycles. The molecule has 1 amide bonds. The number of nitrogens with zero attached hydrogens (tertiary/aromatic N) is 2. The second-order valence-corrected chi connectivity index (χ2v) is 6.16. The Morgan fingerprint density at radius 1 is 1.21 bits per heavy atom. The summed E-state index contributed by atoms with van der Waals surface area (Å²) in [5, 5.41) is 13.4. The van der Waals surface area contributed by atoms with Crippen LogP contribution in [0, 0.1) is 11.3 Å². The molecule has 1 aromatic heterocycles. The van der Waals surface area contributed by atoms with Gasteiger partial charge in [-0.3, -0.25) is 4.79 Å². The minimum absolute atomic E-state index is 0.151. The largest absolute Gasteiger partial charge is 0.344 e. The summed E-state index contributed by atoms with van der Waals surface area (Å²) in [4.78, 5) is 12.6. The second-order valence-electron chi connectivity index (χ2n) is 5.72. The van der Waals surface area contributed by atoms with Gasteiger partial charge in [-0.05, 0) is 42.8 Å². The summed E-state index contributed by atoms with van der Waals surface area (Å²) in [5.41, 5.74) is 3.04. The zero-order valence-corrected chi connectivity index (χ0v) is 14.1. The summed E-state index contributed by atoms with van der Waals surface area (Å²) in [6.07, 6.45) is 0. The fourth-order valence-corrected chi connectivity index (χ4v) is 2.89. The molecule has 3 rings (SSSR count). The van der Waals surface area contributed by atoms with Crippen molar-refractivity contribution in [1.82, 2.24) is 9.88 Å². The van der Waals surface area contributed by atoms with E-state index in [0.717, 1.165) is 16.5 Å². The predicted molar refractivity (Wildman–Crippen MR) is 95.0 cm³/mol. The number of fused-ring (bicyclic) bond motifs is 1. The van der Waals surface area contributed by atoms with Crippen molar-refractivity contribution in [2.75, 3.05) is 0 Å². The van der Waals surface area contributed by atoms with Crippen LogP contribution in [0.15, 0.2) is 48.5 Å². The van der Waals surface area contributed by atoms with E-state index in [2.05, 4.69) is 11.4 Å². The fraction of sp³-hybridized carbons (Fsp3) is 0.158. The van der Waals surface area contributed by atoms with E-state index < -0.39 is 0 Å². The lowest BCUT2D eigenvalue weighted by Gasteiger charge is -2.15.